The molecule has 0 bridgehead atoms. The van der Waals surface area contributed by atoms with Gasteiger partial charge >= 0.3 is 0 Å². The fraction of sp³-hybridized carbons (Fsp3) is 0.375. The number of halogens is 1. The maximum atomic E-state index is 12.6. The largest absolute Gasteiger partial charge is 0.334 e. The maximum Gasteiger partial charge on any atom is 0.274 e. The Labute approximate surface area is 138 Å². The van der Waals surface area contributed by atoms with Crippen LogP contribution in [-0.2, 0) is 0 Å². The molecule has 2 heterocycles. The van der Waals surface area contributed by atoms with E-state index in [1.54, 1.807) is 10.7 Å². The molecule has 2 N–H and O–H groups in total. The minimum atomic E-state index is -0.0202. The van der Waals surface area contributed by atoms with Crippen molar-refractivity contribution < 1.29 is 4.79 Å². The number of hydrogen-bond acceptors (Lipinski definition) is 3. The predicted octanol–water partition coefficient (Wildman–Crippen LogP) is 2.59. The zero-order valence-electron chi connectivity index (χ0n) is 12.4. The number of carbonyl (C=O) groups excluding carboxylic acids is 1. The fourth-order valence-corrected chi connectivity index (χ4v) is 3.24. The summed E-state index contributed by atoms with van der Waals surface area (Å²) in [5.74, 6) is -0.0202. The third-order valence-corrected chi connectivity index (χ3v) is 4.55. The summed E-state index contributed by atoms with van der Waals surface area (Å²) in [6, 6.07) is 9.93. The zero-order valence-corrected chi connectivity index (χ0v) is 14.0. The molecule has 2 atom stereocenters. The summed E-state index contributed by atoms with van der Waals surface area (Å²) in [5.41, 5.74) is 7.35. The van der Waals surface area contributed by atoms with E-state index in [0.29, 0.717) is 12.2 Å². The van der Waals surface area contributed by atoms with E-state index in [0.717, 1.165) is 23.0 Å². The van der Waals surface area contributed by atoms with Crippen LogP contribution in [0.1, 0.15) is 30.3 Å². The third kappa shape index (κ3) is 3.08. The molecule has 1 aliphatic heterocycles. The highest BCUT2D eigenvalue weighted by molar-refractivity contribution is 9.10. The molecule has 2 aromatic rings. The quantitative estimate of drug-likeness (QED) is 0.892. The Hall–Kier alpha value is -1.66. The fourth-order valence-electron chi connectivity index (χ4n) is 2.86. The summed E-state index contributed by atoms with van der Waals surface area (Å²) in [5, 5.41) is 4.42. The maximum absolute atomic E-state index is 12.6. The van der Waals surface area contributed by atoms with Crippen LogP contribution in [-0.4, -0.2) is 39.2 Å². The van der Waals surface area contributed by atoms with Gasteiger partial charge in [0.05, 0.1) is 5.69 Å². The summed E-state index contributed by atoms with van der Waals surface area (Å²) >= 11 is 3.44. The van der Waals surface area contributed by atoms with Crippen LogP contribution in [0.25, 0.3) is 5.69 Å². The van der Waals surface area contributed by atoms with Gasteiger partial charge in [0.2, 0.25) is 0 Å². The molecule has 22 heavy (non-hydrogen) atoms. The van der Waals surface area contributed by atoms with Gasteiger partial charge in [0, 0.05) is 29.3 Å². The Morgan fingerprint density at radius 1 is 1.41 bits per heavy atom. The molecule has 0 saturated carbocycles. The lowest BCUT2D eigenvalue weighted by Crippen LogP contribution is -2.48. The van der Waals surface area contributed by atoms with Crippen LogP contribution in [0, 0.1) is 0 Å². The normalized spacial score (nSPS) is 21.9. The van der Waals surface area contributed by atoms with E-state index in [-0.39, 0.29) is 18.0 Å². The second kappa shape index (κ2) is 6.22. The lowest BCUT2D eigenvalue weighted by atomic mass is 9.99. The van der Waals surface area contributed by atoms with Crippen molar-refractivity contribution in [2.45, 2.75) is 31.8 Å². The molecule has 0 unspecified atom stereocenters. The van der Waals surface area contributed by atoms with Gasteiger partial charge < -0.3 is 10.6 Å². The van der Waals surface area contributed by atoms with E-state index in [1.807, 2.05) is 42.3 Å². The zero-order chi connectivity index (χ0) is 15.7. The second-order valence-corrected chi connectivity index (χ2v) is 6.67. The van der Waals surface area contributed by atoms with Crippen molar-refractivity contribution in [2.24, 2.45) is 5.73 Å². The van der Waals surface area contributed by atoms with Crippen molar-refractivity contribution in [3.8, 4) is 5.69 Å². The van der Waals surface area contributed by atoms with Crippen molar-refractivity contribution in [3.05, 3.63) is 46.7 Å². The number of amides is 1. The van der Waals surface area contributed by atoms with Gasteiger partial charge in [-0.1, -0.05) is 22.0 Å². The van der Waals surface area contributed by atoms with E-state index in [1.165, 1.54) is 0 Å². The Morgan fingerprint density at radius 2 is 2.23 bits per heavy atom. The monoisotopic (exact) mass is 362 g/mol. The molecule has 5 nitrogen and oxygen atoms in total. The highest BCUT2D eigenvalue weighted by Gasteiger charge is 2.28. The van der Waals surface area contributed by atoms with Gasteiger partial charge in [-0.2, -0.15) is 5.10 Å². The van der Waals surface area contributed by atoms with Crippen LogP contribution in [0.3, 0.4) is 0 Å². The number of aromatic nitrogens is 2. The number of nitrogens with two attached hydrogens (primary N) is 1. The standard InChI is InChI=1S/C16H19BrN4O/c1-11-9-13(18)5-7-20(11)16(22)15-6-8-21(19-15)14-4-2-3-12(17)10-14/h2-4,6,8,10-11,13H,5,7,9,18H2,1H3/t11-,13+/m0/s1. The van der Waals surface area contributed by atoms with E-state index in [4.69, 9.17) is 5.73 Å². The van der Waals surface area contributed by atoms with Crippen LogP contribution in [0.2, 0.25) is 0 Å². The third-order valence-electron chi connectivity index (χ3n) is 4.06. The molecule has 1 aromatic heterocycles. The molecule has 1 aromatic carbocycles. The van der Waals surface area contributed by atoms with E-state index in [2.05, 4.69) is 21.0 Å². The first-order valence-corrected chi connectivity index (χ1v) is 8.22. The number of nitrogens with zero attached hydrogens (tertiary/aromatic N) is 3. The molecule has 0 aliphatic carbocycles. The number of likely N-dealkylation sites (tertiary alicyclic amines) is 1. The van der Waals surface area contributed by atoms with Crippen molar-refractivity contribution in [3.63, 3.8) is 0 Å². The van der Waals surface area contributed by atoms with Gasteiger partial charge in [-0.25, -0.2) is 4.68 Å². The van der Waals surface area contributed by atoms with Crippen LogP contribution >= 0.6 is 15.9 Å². The summed E-state index contributed by atoms with van der Waals surface area (Å²) in [4.78, 5) is 14.5. The molecule has 1 saturated heterocycles. The number of hydrogen-bond donors (Lipinski definition) is 1. The number of carbonyl (C=O) groups is 1. The SMILES string of the molecule is C[C@H]1C[C@H](N)CCN1C(=O)c1ccn(-c2cccc(Br)c2)n1. The molecular weight excluding hydrogens is 344 g/mol. The summed E-state index contributed by atoms with van der Waals surface area (Å²) < 4.78 is 2.70. The topological polar surface area (TPSA) is 64.2 Å². The Kier molecular flexibility index (Phi) is 4.31. The molecule has 1 fully saturated rings. The van der Waals surface area contributed by atoms with Gasteiger partial charge in [-0.3, -0.25) is 4.79 Å². The molecule has 0 radical (unpaired) electrons. The summed E-state index contributed by atoms with van der Waals surface area (Å²) in [7, 11) is 0. The van der Waals surface area contributed by atoms with Crippen molar-refractivity contribution in [2.75, 3.05) is 6.54 Å². The predicted molar refractivity (Wildman–Crippen MR) is 89.0 cm³/mol. The Balaban J connectivity index is 1.80. The lowest BCUT2D eigenvalue weighted by Gasteiger charge is -2.35. The average Bonchev–Trinajstić information content (AvgIpc) is 2.96. The highest BCUT2D eigenvalue weighted by atomic mass is 79.9. The number of benzene rings is 1. The molecule has 116 valence electrons. The van der Waals surface area contributed by atoms with Crippen molar-refractivity contribution in [1.29, 1.82) is 0 Å². The Bertz CT molecular complexity index is 684. The summed E-state index contributed by atoms with van der Waals surface area (Å²) in [6.45, 7) is 2.74. The van der Waals surface area contributed by atoms with E-state index < -0.39 is 0 Å². The van der Waals surface area contributed by atoms with Crippen LogP contribution < -0.4 is 5.73 Å². The van der Waals surface area contributed by atoms with Gasteiger partial charge in [0.25, 0.3) is 5.91 Å². The van der Waals surface area contributed by atoms with Gasteiger partial charge in [-0.05, 0) is 44.0 Å². The molecule has 6 heteroatoms. The highest BCUT2D eigenvalue weighted by Crippen LogP contribution is 2.19. The minimum absolute atomic E-state index is 0.0202. The summed E-state index contributed by atoms with van der Waals surface area (Å²) in [6.07, 6.45) is 3.51. The first kappa shape index (κ1) is 15.2. The molecule has 1 amide bonds. The van der Waals surface area contributed by atoms with Gasteiger partial charge in [-0.15, -0.1) is 0 Å². The number of piperidine rings is 1. The first-order chi connectivity index (χ1) is 10.5. The first-order valence-electron chi connectivity index (χ1n) is 7.43. The molecule has 1 aliphatic rings. The van der Waals surface area contributed by atoms with E-state index in [9.17, 15) is 4.79 Å². The van der Waals surface area contributed by atoms with Crippen LogP contribution in [0.4, 0.5) is 0 Å². The van der Waals surface area contributed by atoms with Gasteiger partial charge in [0.1, 0.15) is 0 Å². The van der Waals surface area contributed by atoms with Crippen molar-refractivity contribution >= 4 is 21.8 Å². The van der Waals surface area contributed by atoms with Crippen molar-refractivity contribution in [1.82, 2.24) is 14.7 Å². The molecular formula is C16H19BrN4O. The number of rotatable bonds is 2. The Morgan fingerprint density at radius 3 is 2.95 bits per heavy atom. The van der Waals surface area contributed by atoms with Crippen LogP contribution in [0.15, 0.2) is 41.0 Å². The average molecular weight is 363 g/mol. The van der Waals surface area contributed by atoms with Gasteiger partial charge in [0.15, 0.2) is 5.69 Å². The minimum Gasteiger partial charge on any atom is -0.334 e. The van der Waals surface area contributed by atoms with Crippen LogP contribution in [0.5, 0.6) is 0 Å². The molecule has 0 spiro atoms. The lowest BCUT2D eigenvalue weighted by molar-refractivity contribution is 0.0612. The van der Waals surface area contributed by atoms with E-state index >= 15 is 0 Å². The second-order valence-electron chi connectivity index (χ2n) is 5.76. The molecule has 3 rings (SSSR count). The smallest absolute Gasteiger partial charge is 0.274 e.